The molecule has 0 spiro atoms. The minimum absolute atomic E-state index is 0.261. The molecular formula is C41H35BrO2. The fraction of sp³-hybridized carbons (Fsp3) is 0.195. The summed E-state index contributed by atoms with van der Waals surface area (Å²) >= 11 is 3.80. The molecule has 3 heteroatoms. The summed E-state index contributed by atoms with van der Waals surface area (Å²) in [6.07, 6.45) is 5.92. The topological polar surface area (TPSA) is 26.3 Å². The average Bonchev–Trinajstić information content (AvgIpc) is 3.35. The van der Waals surface area contributed by atoms with Gasteiger partial charge < -0.3 is 4.74 Å². The van der Waals surface area contributed by atoms with Gasteiger partial charge in [0, 0.05) is 16.0 Å². The van der Waals surface area contributed by atoms with E-state index in [1.807, 2.05) is 0 Å². The van der Waals surface area contributed by atoms with Crippen molar-refractivity contribution in [2.45, 2.75) is 44.4 Å². The van der Waals surface area contributed by atoms with Crippen LogP contribution in [0.25, 0.3) is 54.6 Å². The van der Waals surface area contributed by atoms with Gasteiger partial charge in [0.1, 0.15) is 0 Å². The van der Waals surface area contributed by atoms with E-state index in [0.29, 0.717) is 6.61 Å². The van der Waals surface area contributed by atoms with Crippen LogP contribution in [0.2, 0.25) is 0 Å². The SMILES string of the molecule is C=CC(=O)OCCCCCC1(C(=C)CC)c2ccccc2-c2ccc(-c3ccc4ccc5c(Br)ccc6ccc3c4c65)cc21. The van der Waals surface area contributed by atoms with Crippen molar-refractivity contribution >= 4 is 54.2 Å². The molecule has 0 aliphatic heterocycles. The highest BCUT2D eigenvalue weighted by atomic mass is 79.9. The fourth-order valence-corrected chi connectivity index (χ4v) is 8.04. The Morgan fingerprint density at radius 1 is 0.795 bits per heavy atom. The van der Waals surface area contributed by atoms with Gasteiger partial charge in [0.2, 0.25) is 0 Å². The Morgan fingerprint density at radius 2 is 1.48 bits per heavy atom. The van der Waals surface area contributed by atoms with Crippen molar-refractivity contribution in [2.75, 3.05) is 6.61 Å². The van der Waals surface area contributed by atoms with Gasteiger partial charge in [-0.25, -0.2) is 4.79 Å². The van der Waals surface area contributed by atoms with Crippen LogP contribution in [0.15, 0.2) is 120 Å². The number of esters is 1. The van der Waals surface area contributed by atoms with Crippen LogP contribution in [0.4, 0.5) is 0 Å². The summed E-state index contributed by atoms with van der Waals surface area (Å²) in [4.78, 5) is 11.5. The van der Waals surface area contributed by atoms with Crippen molar-refractivity contribution in [3.63, 3.8) is 0 Å². The molecule has 0 radical (unpaired) electrons. The predicted octanol–water partition coefficient (Wildman–Crippen LogP) is 11.5. The fourth-order valence-electron chi connectivity index (χ4n) is 7.58. The molecule has 218 valence electrons. The summed E-state index contributed by atoms with van der Waals surface area (Å²) in [6.45, 7) is 10.8. The third-order valence-corrected chi connectivity index (χ3v) is 10.4. The molecule has 7 rings (SSSR count). The standard InChI is InChI=1S/C41H35BrO2/c1-4-26(3)41(23-9-6-10-24-44-38(43)5-2)35-12-8-7-11-31(35)32-19-16-29(25-36(32)41)30-18-13-27-15-21-34-37(42)22-17-28-14-20-33(30)39(27)40(28)34/h5,7-8,11-22,25H,2-4,6,9-10,23-24H2,1H3. The number of fused-ring (bicyclic) bond motifs is 3. The van der Waals surface area contributed by atoms with E-state index >= 15 is 0 Å². The number of hydrogen-bond donors (Lipinski definition) is 0. The third kappa shape index (κ3) is 4.40. The smallest absolute Gasteiger partial charge is 0.330 e. The number of allylic oxidation sites excluding steroid dienone is 1. The Balaban J connectivity index is 1.35. The van der Waals surface area contributed by atoms with Gasteiger partial charge in [-0.15, -0.1) is 0 Å². The first kappa shape index (κ1) is 28.6. The largest absolute Gasteiger partial charge is 0.463 e. The number of rotatable bonds is 10. The van der Waals surface area contributed by atoms with Gasteiger partial charge >= 0.3 is 5.97 Å². The second kappa shape index (κ2) is 11.4. The lowest BCUT2D eigenvalue weighted by atomic mass is 9.68. The molecule has 0 aromatic heterocycles. The van der Waals surface area contributed by atoms with Crippen LogP contribution in [0.1, 0.15) is 50.2 Å². The zero-order valence-electron chi connectivity index (χ0n) is 25.1. The molecule has 0 fully saturated rings. The minimum Gasteiger partial charge on any atom is -0.463 e. The van der Waals surface area contributed by atoms with Crippen LogP contribution in [-0.2, 0) is 14.9 Å². The first-order chi connectivity index (χ1) is 21.5. The van der Waals surface area contributed by atoms with Crippen LogP contribution in [-0.4, -0.2) is 12.6 Å². The van der Waals surface area contributed by atoms with Crippen LogP contribution < -0.4 is 0 Å². The lowest BCUT2D eigenvalue weighted by molar-refractivity contribution is -0.137. The normalized spacial score (nSPS) is 15.5. The van der Waals surface area contributed by atoms with Gasteiger partial charge in [-0.05, 0) is 97.1 Å². The zero-order valence-corrected chi connectivity index (χ0v) is 26.7. The summed E-state index contributed by atoms with van der Waals surface area (Å²) < 4.78 is 6.37. The van der Waals surface area contributed by atoms with E-state index in [0.717, 1.165) is 36.6 Å². The third-order valence-electron chi connectivity index (χ3n) is 9.72. The molecule has 6 aromatic carbocycles. The predicted molar refractivity (Wildman–Crippen MR) is 189 cm³/mol. The number of ether oxygens (including phenoxy) is 1. The lowest BCUT2D eigenvalue weighted by Gasteiger charge is -2.35. The van der Waals surface area contributed by atoms with Gasteiger partial charge in [0.25, 0.3) is 0 Å². The highest BCUT2D eigenvalue weighted by Gasteiger charge is 2.44. The van der Waals surface area contributed by atoms with Gasteiger partial charge in [-0.1, -0.05) is 133 Å². The Kier molecular flexibility index (Phi) is 7.38. The van der Waals surface area contributed by atoms with E-state index in [9.17, 15) is 4.79 Å². The number of halogens is 1. The Labute approximate surface area is 267 Å². The maximum absolute atomic E-state index is 11.5. The number of hydrogen-bond acceptors (Lipinski definition) is 2. The maximum atomic E-state index is 11.5. The first-order valence-corrected chi connectivity index (χ1v) is 16.4. The minimum atomic E-state index is -0.355. The monoisotopic (exact) mass is 638 g/mol. The molecule has 2 nitrogen and oxygen atoms in total. The van der Waals surface area contributed by atoms with Crippen LogP contribution in [0.3, 0.4) is 0 Å². The molecule has 0 saturated heterocycles. The Morgan fingerprint density at radius 3 is 2.27 bits per heavy atom. The molecule has 6 aromatic rings. The number of carbonyl (C=O) groups is 1. The summed E-state index contributed by atoms with van der Waals surface area (Å²) in [5.41, 5.74) is 8.81. The van der Waals surface area contributed by atoms with E-state index in [1.165, 1.54) is 77.3 Å². The molecule has 0 saturated carbocycles. The van der Waals surface area contributed by atoms with Crippen LogP contribution in [0.5, 0.6) is 0 Å². The molecule has 44 heavy (non-hydrogen) atoms. The van der Waals surface area contributed by atoms with Crippen molar-refractivity contribution in [1.29, 1.82) is 0 Å². The van der Waals surface area contributed by atoms with Crippen molar-refractivity contribution in [3.05, 3.63) is 131 Å². The van der Waals surface area contributed by atoms with Crippen LogP contribution in [0, 0.1) is 0 Å². The van der Waals surface area contributed by atoms with Crippen molar-refractivity contribution in [2.24, 2.45) is 0 Å². The lowest BCUT2D eigenvalue weighted by Crippen LogP contribution is -2.27. The van der Waals surface area contributed by atoms with E-state index in [-0.39, 0.29) is 11.4 Å². The van der Waals surface area contributed by atoms with Gasteiger partial charge in [-0.2, -0.15) is 0 Å². The van der Waals surface area contributed by atoms with E-state index < -0.39 is 0 Å². The molecule has 0 amide bonds. The average molecular weight is 640 g/mol. The molecule has 0 bridgehead atoms. The summed E-state index contributed by atoms with van der Waals surface area (Å²) in [5.74, 6) is -0.355. The number of carbonyl (C=O) groups excluding carboxylic acids is 1. The second-order valence-corrected chi connectivity index (χ2v) is 12.8. The van der Waals surface area contributed by atoms with E-state index in [1.54, 1.807) is 0 Å². The van der Waals surface area contributed by atoms with Crippen molar-refractivity contribution in [3.8, 4) is 22.3 Å². The van der Waals surface area contributed by atoms with Gasteiger partial charge in [0.15, 0.2) is 0 Å². The highest BCUT2D eigenvalue weighted by Crippen LogP contribution is 2.56. The molecule has 1 unspecified atom stereocenters. The summed E-state index contributed by atoms with van der Waals surface area (Å²) in [5, 5.41) is 7.70. The van der Waals surface area contributed by atoms with Gasteiger partial charge in [0.05, 0.1) is 6.61 Å². The molecule has 0 N–H and O–H groups in total. The molecule has 0 heterocycles. The number of unbranched alkanes of at least 4 members (excludes halogenated alkanes) is 2. The molecule has 1 atom stereocenters. The Bertz CT molecular complexity index is 2090. The highest BCUT2D eigenvalue weighted by molar-refractivity contribution is 9.10. The van der Waals surface area contributed by atoms with Crippen LogP contribution >= 0.6 is 15.9 Å². The number of benzene rings is 6. The van der Waals surface area contributed by atoms with Gasteiger partial charge in [-0.3, -0.25) is 0 Å². The van der Waals surface area contributed by atoms with E-state index in [4.69, 9.17) is 11.3 Å². The molecule has 1 aliphatic carbocycles. The first-order valence-electron chi connectivity index (χ1n) is 15.6. The second-order valence-electron chi connectivity index (χ2n) is 11.9. The summed E-state index contributed by atoms with van der Waals surface area (Å²) in [6, 6.07) is 33.9. The zero-order chi connectivity index (χ0) is 30.4. The maximum Gasteiger partial charge on any atom is 0.330 e. The summed E-state index contributed by atoms with van der Waals surface area (Å²) in [7, 11) is 0. The Hall–Kier alpha value is -4.21. The van der Waals surface area contributed by atoms with Crippen molar-refractivity contribution in [1.82, 2.24) is 0 Å². The molecule has 1 aliphatic rings. The quantitative estimate of drug-likeness (QED) is 0.0490. The van der Waals surface area contributed by atoms with E-state index in [2.05, 4.69) is 120 Å². The molecular weight excluding hydrogens is 604 g/mol. The van der Waals surface area contributed by atoms with Crippen molar-refractivity contribution < 1.29 is 9.53 Å².